The first-order valence-electron chi connectivity index (χ1n) is 9.02. The van der Waals surface area contributed by atoms with Crippen LogP contribution in [0.4, 0.5) is 0 Å². The number of nitrogens with one attached hydrogen (secondary N) is 1. The van der Waals surface area contributed by atoms with Crippen LogP contribution in [0.2, 0.25) is 0 Å². The minimum absolute atomic E-state index is 0.0709. The third-order valence-corrected chi connectivity index (χ3v) is 4.62. The Bertz CT molecular complexity index is 790. The maximum absolute atomic E-state index is 12.1. The highest BCUT2D eigenvalue weighted by molar-refractivity contribution is 6.30. The second-order valence-corrected chi connectivity index (χ2v) is 6.98. The highest BCUT2D eigenvalue weighted by Crippen LogP contribution is 2.43. The maximum Gasteiger partial charge on any atom is 0.409 e. The summed E-state index contributed by atoms with van der Waals surface area (Å²) in [6.45, 7) is 4.67. The normalized spacial score (nSPS) is 22.1. The average Bonchev–Trinajstić information content (AvgIpc) is 2.98. The molecule has 3 N–H and O–H groups in total. The van der Waals surface area contributed by atoms with Crippen molar-refractivity contribution in [2.45, 2.75) is 52.8 Å². The third-order valence-electron chi connectivity index (χ3n) is 4.35. The number of hydrogen-bond acceptors (Lipinski definition) is 10. The Hall–Kier alpha value is -2.66. The quantitative estimate of drug-likeness (QED) is 0.251. The number of aliphatic imine (C=N–C) groups is 2. The molecule has 0 saturated carbocycles. The second-order valence-electron chi connectivity index (χ2n) is 6.62. The molecule has 2 aliphatic heterocycles. The number of guanidine groups is 1. The second kappa shape index (κ2) is 8.78. The number of esters is 3. The predicted molar refractivity (Wildman–Crippen MR) is 103 cm³/mol. The van der Waals surface area contributed by atoms with Gasteiger partial charge >= 0.3 is 29.7 Å². The first-order valence-corrected chi connectivity index (χ1v) is 9.40. The van der Waals surface area contributed by atoms with E-state index < -0.39 is 41.7 Å². The van der Waals surface area contributed by atoms with Crippen LogP contribution in [-0.2, 0) is 28.6 Å². The van der Waals surface area contributed by atoms with E-state index in [2.05, 4.69) is 15.3 Å². The molecule has 0 radical (unpaired) electrons. The van der Waals surface area contributed by atoms with Crippen LogP contribution in [0.15, 0.2) is 20.8 Å². The van der Waals surface area contributed by atoms with Crippen LogP contribution in [-0.4, -0.2) is 53.5 Å². The Labute approximate surface area is 173 Å². The molecule has 0 aliphatic carbocycles. The molecular formula is C17H25ClN5O6+. The Morgan fingerprint density at radius 3 is 2.21 bits per heavy atom. The molecule has 0 aromatic rings. The van der Waals surface area contributed by atoms with Gasteiger partial charge in [-0.3, -0.25) is 14.4 Å². The number of unbranched alkanes of at least 4 members (excludes halogenated alkanes) is 1. The Morgan fingerprint density at radius 1 is 1.14 bits per heavy atom. The molecule has 0 amide bonds. The van der Waals surface area contributed by atoms with Gasteiger partial charge < -0.3 is 25.3 Å². The van der Waals surface area contributed by atoms with Crippen molar-refractivity contribution in [1.29, 1.82) is 0 Å². The third kappa shape index (κ3) is 4.35. The summed E-state index contributed by atoms with van der Waals surface area (Å²) in [6, 6.07) is 0. The summed E-state index contributed by atoms with van der Waals surface area (Å²) in [5.74, 6) is -3.55. The molecule has 2 heterocycles. The molecule has 2 rings (SSSR count). The molecule has 0 spiro atoms. The number of carbonyl (C=O) groups is 3. The molecule has 0 bridgehead atoms. The molecule has 12 heteroatoms. The first kappa shape index (κ1) is 22.6. The van der Waals surface area contributed by atoms with E-state index in [-0.39, 0.29) is 16.8 Å². The zero-order valence-corrected chi connectivity index (χ0v) is 17.5. The first-order chi connectivity index (χ1) is 13.6. The van der Waals surface area contributed by atoms with Crippen LogP contribution in [0.5, 0.6) is 0 Å². The molecule has 0 aromatic heterocycles. The lowest BCUT2D eigenvalue weighted by Crippen LogP contribution is -2.73. The van der Waals surface area contributed by atoms with Crippen LogP contribution in [0.3, 0.4) is 0 Å². The fraction of sp³-hybridized carbons (Fsp3) is 0.588. The van der Waals surface area contributed by atoms with E-state index in [1.807, 2.05) is 6.92 Å². The molecule has 0 saturated heterocycles. The van der Waals surface area contributed by atoms with Gasteiger partial charge in [0.05, 0.1) is 0 Å². The van der Waals surface area contributed by atoms with E-state index in [1.54, 1.807) is 0 Å². The highest BCUT2D eigenvalue weighted by Gasteiger charge is 2.68. The van der Waals surface area contributed by atoms with Gasteiger partial charge in [0, 0.05) is 27.2 Å². The van der Waals surface area contributed by atoms with E-state index in [0.717, 1.165) is 12.8 Å². The molecule has 1 unspecified atom stereocenters. The number of halogens is 1. The largest absolute Gasteiger partial charge is 0.414 e. The molecule has 160 valence electrons. The van der Waals surface area contributed by atoms with Gasteiger partial charge in [0.2, 0.25) is 13.5 Å². The lowest BCUT2D eigenvalue weighted by atomic mass is 10.2. The van der Waals surface area contributed by atoms with Gasteiger partial charge in [-0.1, -0.05) is 24.9 Å². The number of carbonyl (C=O) groups excluding carboxylic acids is 3. The number of ether oxygens (including phenoxy) is 3. The number of quaternary nitrogens is 1. The smallest absolute Gasteiger partial charge is 0.409 e. The van der Waals surface area contributed by atoms with Crippen molar-refractivity contribution in [2.75, 3.05) is 13.5 Å². The van der Waals surface area contributed by atoms with Crippen LogP contribution in [0.1, 0.15) is 47.0 Å². The van der Waals surface area contributed by atoms with Crippen molar-refractivity contribution in [3.05, 3.63) is 10.9 Å². The summed E-state index contributed by atoms with van der Waals surface area (Å²) in [5, 5.41) is 2.96. The summed E-state index contributed by atoms with van der Waals surface area (Å²) in [5.41, 5.74) is 6.32. The van der Waals surface area contributed by atoms with Gasteiger partial charge in [-0.15, -0.1) is 4.48 Å². The standard InChI is InChI=1S/C17H25ClN5O6/c1-5-6-7-13-20-14-15(18)21-16(19)23(8-27-10(2)24,9-28-11(3)25)17(14,22-13)29-12(4)26/h5-9H2,1-4H3,(H2,19,21)(H,20,22)/q+1. The summed E-state index contributed by atoms with van der Waals surface area (Å²) < 4.78 is 15.3. The van der Waals surface area contributed by atoms with E-state index in [9.17, 15) is 14.4 Å². The van der Waals surface area contributed by atoms with Crippen molar-refractivity contribution in [1.82, 2.24) is 5.32 Å². The average molecular weight is 431 g/mol. The number of hydrogen-bond donors (Lipinski definition) is 2. The molecule has 11 nitrogen and oxygen atoms in total. The van der Waals surface area contributed by atoms with Crippen molar-refractivity contribution in [2.24, 2.45) is 15.7 Å². The van der Waals surface area contributed by atoms with Crippen LogP contribution < -0.4 is 11.1 Å². The van der Waals surface area contributed by atoms with Crippen molar-refractivity contribution in [3.8, 4) is 0 Å². The minimum Gasteiger partial charge on any atom is -0.414 e. The number of amidine groups is 1. The fourth-order valence-electron chi connectivity index (χ4n) is 2.97. The van der Waals surface area contributed by atoms with Crippen LogP contribution >= 0.6 is 11.6 Å². The number of fused-ring (bicyclic) bond motifs is 1. The molecule has 2 aliphatic rings. The number of rotatable bonds is 8. The molecule has 1 atom stereocenters. The monoisotopic (exact) mass is 430 g/mol. The predicted octanol–water partition coefficient (Wildman–Crippen LogP) is 0.989. The van der Waals surface area contributed by atoms with Gasteiger partial charge in [0.25, 0.3) is 0 Å². The fourth-order valence-corrected chi connectivity index (χ4v) is 3.22. The Balaban J connectivity index is 2.69. The van der Waals surface area contributed by atoms with E-state index in [1.165, 1.54) is 20.8 Å². The van der Waals surface area contributed by atoms with Crippen LogP contribution in [0.25, 0.3) is 0 Å². The van der Waals surface area contributed by atoms with Crippen molar-refractivity contribution in [3.63, 3.8) is 0 Å². The molecular weight excluding hydrogens is 406 g/mol. The molecule has 0 aromatic carbocycles. The molecule has 0 fully saturated rings. The maximum atomic E-state index is 12.1. The summed E-state index contributed by atoms with van der Waals surface area (Å²) in [6.07, 6.45) is 2.24. The zero-order chi connectivity index (χ0) is 21.8. The van der Waals surface area contributed by atoms with Gasteiger partial charge in [-0.25, -0.2) is 0 Å². The van der Waals surface area contributed by atoms with Gasteiger partial charge in [0.15, 0.2) is 10.9 Å². The van der Waals surface area contributed by atoms with Crippen LogP contribution in [0, 0.1) is 0 Å². The lowest BCUT2D eigenvalue weighted by molar-refractivity contribution is -0.944. The summed E-state index contributed by atoms with van der Waals surface area (Å²) in [4.78, 5) is 43.8. The molecule has 29 heavy (non-hydrogen) atoms. The number of nitrogens with two attached hydrogens (primary N) is 1. The zero-order valence-electron chi connectivity index (χ0n) is 16.8. The van der Waals surface area contributed by atoms with E-state index >= 15 is 0 Å². The van der Waals surface area contributed by atoms with E-state index in [4.69, 9.17) is 31.5 Å². The summed E-state index contributed by atoms with van der Waals surface area (Å²) >= 11 is 6.30. The Morgan fingerprint density at radius 2 is 1.72 bits per heavy atom. The lowest BCUT2D eigenvalue weighted by Gasteiger charge is -2.45. The minimum atomic E-state index is -1.89. The van der Waals surface area contributed by atoms with Gasteiger partial charge in [-0.05, 0) is 6.42 Å². The topological polar surface area (TPSA) is 142 Å². The van der Waals surface area contributed by atoms with Crippen molar-refractivity contribution < 1.29 is 33.1 Å². The Kier molecular flexibility index (Phi) is 6.85. The van der Waals surface area contributed by atoms with E-state index in [0.29, 0.717) is 12.3 Å². The number of nitrogens with zero attached hydrogens (tertiary/aromatic N) is 3. The van der Waals surface area contributed by atoms with Gasteiger partial charge in [0.1, 0.15) is 5.84 Å². The van der Waals surface area contributed by atoms with Crippen molar-refractivity contribution >= 4 is 41.3 Å². The van der Waals surface area contributed by atoms with Gasteiger partial charge in [-0.2, -0.15) is 9.98 Å². The summed E-state index contributed by atoms with van der Waals surface area (Å²) in [7, 11) is 0. The SMILES string of the molecule is CCCCC1=NC2(OC(C)=O)C(=C(Cl)N=C(N)[N+]2(COC(C)=O)COC(C)=O)N1. The highest BCUT2D eigenvalue weighted by atomic mass is 35.5.